The van der Waals surface area contributed by atoms with Gasteiger partial charge in [-0.2, -0.15) is 0 Å². The molecule has 0 bridgehead atoms. The fourth-order valence-electron chi connectivity index (χ4n) is 9.16. The average molecular weight is 429 g/mol. The Labute approximate surface area is 191 Å². The van der Waals surface area contributed by atoms with Crippen molar-refractivity contribution in [2.24, 2.45) is 46.3 Å². The standard InChI is InChI=1S/C29H48O2/c1-7-20(18(2)3)9-8-19(4)22-12-13-23-21-10-11-25-27(31)26(30)15-17-29(25,6)24(21)14-16-28(22,23)5/h11,19-24,26-27,30-31H,2,7-10,12-17H2,1,3-6H3/t19-,20+,21+,22-,23-,24+,26+,27-,28-,29-/m1/s1. The molecular formula is C29H48O2. The molecule has 0 aromatic heterocycles. The van der Waals surface area contributed by atoms with Gasteiger partial charge in [-0.25, -0.2) is 0 Å². The van der Waals surface area contributed by atoms with Gasteiger partial charge < -0.3 is 10.2 Å². The maximum atomic E-state index is 10.7. The lowest BCUT2D eigenvalue weighted by molar-refractivity contribution is -0.0801. The molecule has 2 N–H and O–H groups in total. The van der Waals surface area contributed by atoms with Crippen LogP contribution in [0.15, 0.2) is 23.8 Å². The van der Waals surface area contributed by atoms with E-state index in [4.69, 9.17) is 0 Å². The summed E-state index contributed by atoms with van der Waals surface area (Å²) in [6.45, 7) is 16.3. The molecule has 4 rings (SSSR count). The number of hydrogen-bond donors (Lipinski definition) is 2. The summed E-state index contributed by atoms with van der Waals surface area (Å²) in [5.74, 6) is 4.65. The average Bonchev–Trinajstić information content (AvgIpc) is 3.08. The molecule has 3 saturated carbocycles. The molecule has 0 heterocycles. The van der Waals surface area contributed by atoms with Gasteiger partial charge in [-0.15, -0.1) is 0 Å². The largest absolute Gasteiger partial charge is 0.390 e. The van der Waals surface area contributed by atoms with E-state index >= 15 is 0 Å². The number of aliphatic hydroxyl groups excluding tert-OH is 2. The van der Waals surface area contributed by atoms with Crippen LogP contribution in [0.1, 0.15) is 98.8 Å². The van der Waals surface area contributed by atoms with E-state index in [2.05, 4.69) is 47.3 Å². The van der Waals surface area contributed by atoms with Crippen LogP contribution >= 0.6 is 0 Å². The molecule has 0 saturated heterocycles. The van der Waals surface area contributed by atoms with Crippen LogP contribution in [0.4, 0.5) is 0 Å². The quantitative estimate of drug-likeness (QED) is 0.451. The molecule has 10 atom stereocenters. The first-order chi connectivity index (χ1) is 14.6. The van der Waals surface area contributed by atoms with Crippen LogP contribution in [0.25, 0.3) is 0 Å². The summed E-state index contributed by atoms with van der Waals surface area (Å²) in [6.07, 6.45) is 13.4. The summed E-state index contributed by atoms with van der Waals surface area (Å²) in [4.78, 5) is 0. The first kappa shape index (κ1) is 23.6. The fraction of sp³-hybridized carbons (Fsp3) is 0.862. The highest BCUT2D eigenvalue weighted by molar-refractivity contribution is 5.29. The van der Waals surface area contributed by atoms with E-state index in [1.165, 1.54) is 56.1 Å². The van der Waals surface area contributed by atoms with Crippen LogP contribution in [-0.4, -0.2) is 22.4 Å². The van der Waals surface area contributed by atoms with E-state index in [0.717, 1.165) is 42.9 Å². The lowest BCUT2D eigenvalue weighted by Gasteiger charge is -2.59. The monoisotopic (exact) mass is 428 g/mol. The molecule has 0 aliphatic heterocycles. The van der Waals surface area contributed by atoms with Crippen LogP contribution < -0.4 is 0 Å². The number of rotatable bonds is 6. The highest BCUT2D eigenvalue weighted by Gasteiger charge is 2.60. The zero-order chi connectivity index (χ0) is 22.6. The van der Waals surface area contributed by atoms with Crippen molar-refractivity contribution in [2.45, 2.75) is 111 Å². The molecule has 0 amide bonds. The van der Waals surface area contributed by atoms with Crippen LogP contribution in [0.2, 0.25) is 0 Å². The molecule has 4 aliphatic rings. The van der Waals surface area contributed by atoms with Crippen molar-refractivity contribution in [2.75, 3.05) is 0 Å². The third-order valence-electron chi connectivity index (χ3n) is 11.1. The number of fused-ring (bicyclic) bond motifs is 5. The van der Waals surface area contributed by atoms with Gasteiger partial charge in [0.05, 0.1) is 6.10 Å². The molecule has 0 radical (unpaired) electrons. The minimum atomic E-state index is -0.635. The fourth-order valence-corrected chi connectivity index (χ4v) is 9.16. The van der Waals surface area contributed by atoms with Crippen molar-refractivity contribution in [1.82, 2.24) is 0 Å². The predicted molar refractivity (Wildman–Crippen MR) is 130 cm³/mol. The molecule has 0 aromatic carbocycles. The summed E-state index contributed by atoms with van der Waals surface area (Å²) in [5, 5.41) is 21.0. The summed E-state index contributed by atoms with van der Waals surface area (Å²) >= 11 is 0. The van der Waals surface area contributed by atoms with Crippen LogP contribution in [-0.2, 0) is 0 Å². The van der Waals surface area contributed by atoms with Crippen molar-refractivity contribution in [3.05, 3.63) is 23.8 Å². The summed E-state index contributed by atoms with van der Waals surface area (Å²) < 4.78 is 0. The van der Waals surface area contributed by atoms with Gasteiger partial charge in [-0.3, -0.25) is 0 Å². The Balaban J connectivity index is 1.50. The molecule has 0 spiro atoms. The van der Waals surface area contributed by atoms with Gasteiger partial charge in [-0.05, 0) is 123 Å². The molecule has 176 valence electrons. The number of allylic oxidation sites excluding steroid dienone is 2. The van der Waals surface area contributed by atoms with Crippen molar-refractivity contribution in [3.8, 4) is 0 Å². The Kier molecular flexibility index (Phi) is 6.56. The number of hydrogen-bond acceptors (Lipinski definition) is 2. The van der Waals surface area contributed by atoms with Gasteiger partial charge in [0.2, 0.25) is 0 Å². The Morgan fingerprint density at radius 3 is 2.52 bits per heavy atom. The molecule has 0 unspecified atom stereocenters. The van der Waals surface area contributed by atoms with Gasteiger partial charge in [0.15, 0.2) is 0 Å². The normalized spacial score (nSPS) is 46.4. The van der Waals surface area contributed by atoms with Crippen LogP contribution in [0.3, 0.4) is 0 Å². The first-order valence-electron chi connectivity index (χ1n) is 13.4. The van der Waals surface area contributed by atoms with E-state index < -0.39 is 12.2 Å². The van der Waals surface area contributed by atoms with Crippen molar-refractivity contribution < 1.29 is 10.2 Å². The van der Waals surface area contributed by atoms with Gasteiger partial charge in [-0.1, -0.05) is 45.9 Å². The first-order valence-corrected chi connectivity index (χ1v) is 13.4. The van der Waals surface area contributed by atoms with Crippen molar-refractivity contribution >= 4 is 0 Å². The Bertz CT molecular complexity index is 710. The third kappa shape index (κ3) is 3.78. The van der Waals surface area contributed by atoms with E-state index in [0.29, 0.717) is 17.3 Å². The van der Waals surface area contributed by atoms with Crippen molar-refractivity contribution in [3.63, 3.8) is 0 Å². The van der Waals surface area contributed by atoms with E-state index in [1.54, 1.807) is 0 Å². The smallest absolute Gasteiger partial charge is 0.101 e. The lowest BCUT2D eigenvalue weighted by Crippen LogP contribution is -2.53. The summed E-state index contributed by atoms with van der Waals surface area (Å²) in [6, 6.07) is 0. The highest BCUT2D eigenvalue weighted by atomic mass is 16.3. The van der Waals surface area contributed by atoms with Gasteiger partial charge in [0.25, 0.3) is 0 Å². The zero-order valence-electron chi connectivity index (χ0n) is 20.9. The predicted octanol–water partition coefficient (Wildman–Crippen LogP) is 6.92. The van der Waals surface area contributed by atoms with E-state index in [1.807, 2.05) is 0 Å². The van der Waals surface area contributed by atoms with Gasteiger partial charge in [0, 0.05) is 0 Å². The SMILES string of the molecule is C=C(C)[C@@H](CC)CC[C@@H](C)[C@H]1CC[C@@H]2[C@@H]3CC=C4[C@@H](O)[C@@H](O)CC[C@]4(C)[C@H]3CC[C@@]21C. The third-order valence-corrected chi connectivity index (χ3v) is 11.1. The maximum Gasteiger partial charge on any atom is 0.101 e. The van der Waals surface area contributed by atoms with Crippen LogP contribution in [0.5, 0.6) is 0 Å². The summed E-state index contributed by atoms with van der Waals surface area (Å²) in [5.41, 5.74) is 3.12. The van der Waals surface area contributed by atoms with E-state index in [-0.39, 0.29) is 5.41 Å². The van der Waals surface area contributed by atoms with Crippen LogP contribution in [0, 0.1) is 46.3 Å². The maximum absolute atomic E-state index is 10.7. The molecule has 31 heavy (non-hydrogen) atoms. The molecule has 2 nitrogen and oxygen atoms in total. The van der Waals surface area contributed by atoms with Crippen molar-refractivity contribution in [1.29, 1.82) is 0 Å². The number of aliphatic hydroxyl groups is 2. The topological polar surface area (TPSA) is 40.5 Å². The molecular weight excluding hydrogens is 380 g/mol. The van der Waals surface area contributed by atoms with Gasteiger partial charge >= 0.3 is 0 Å². The summed E-state index contributed by atoms with van der Waals surface area (Å²) in [7, 11) is 0. The van der Waals surface area contributed by atoms with E-state index in [9.17, 15) is 10.2 Å². The molecule has 4 aliphatic carbocycles. The Morgan fingerprint density at radius 1 is 1.10 bits per heavy atom. The minimum absolute atomic E-state index is 0.0996. The molecule has 2 heteroatoms. The minimum Gasteiger partial charge on any atom is -0.390 e. The zero-order valence-corrected chi connectivity index (χ0v) is 20.9. The second-order valence-corrected chi connectivity index (χ2v) is 12.5. The Hall–Kier alpha value is -0.600. The molecule has 0 aromatic rings. The molecule has 3 fully saturated rings. The second-order valence-electron chi connectivity index (χ2n) is 12.5. The highest BCUT2D eigenvalue weighted by Crippen LogP contribution is 2.67. The second kappa shape index (κ2) is 8.64. The Morgan fingerprint density at radius 2 is 1.84 bits per heavy atom. The van der Waals surface area contributed by atoms with Gasteiger partial charge in [0.1, 0.15) is 6.10 Å². The lowest BCUT2D eigenvalue weighted by atomic mass is 9.46.